The number of hydrogen-bond donors (Lipinski definition) is 1. The molecule has 30 heavy (non-hydrogen) atoms. The molecule has 1 amide bonds. The van der Waals surface area contributed by atoms with E-state index in [1.54, 1.807) is 18.2 Å². The topological polar surface area (TPSA) is 35.6 Å². The van der Waals surface area contributed by atoms with Crippen molar-refractivity contribution in [2.45, 2.75) is 38.1 Å². The molecule has 162 valence electrons. The van der Waals surface area contributed by atoms with Crippen LogP contribution in [0.5, 0.6) is 0 Å². The normalized spacial score (nSPS) is 20.3. The predicted octanol–water partition coefficient (Wildman–Crippen LogP) is 4.61. The molecule has 0 aromatic heterocycles. The molecule has 2 atom stereocenters. The van der Waals surface area contributed by atoms with Crippen molar-refractivity contribution in [2.75, 3.05) is 31.1 Å². The maximum Gasteiger partial charge on any atom is 0.216 e. The molecule has 0 bridgehead atoms. The van der Waals surface area contributed by atoms with E-state index in [4.69, 9.17) is 0 Å². The van der Waals surface area contributed by atoms with Gasteiger partial charge in [0.1, 0.15) is 11.6 Å². The zero-order chi connectivity index (χ0) is 20.4. The number of rotatable bonds is 6. The first-order chi connectivity index (χ1) is 14.0. The molecular weight excluding hydrogens is 408 g/mol. The SMILES string of the molecule is CC(=O)NCCCCN1CC[C@@H]2C(C1)c1cc(F)ccc1N2c1ccc(F)cc1.Cl. The van der Waals surface area contributed by atoms with Crippen LogP contribution in [0, 0.1) is 11.6 Å². The van der Waals surface area contributed by atoms with Crippen LogP contribution in [0.25, 0.3) is 0 Å². The van der Waals surface area contributed by atoms with Gasteiger partial charge in [-0.3, -0.25) is 4.79 Å². The second-order valence-corrected chi connectivity index (χ2v) is 8.00. The van der Waals surface area contributed by atoms with Crippen LogP contribution in [0.15, 0.2) is 42.5 Å². The van der Waals surface area contributed by atoms with E-state index in [1.165, 1.54) is 25.1 Å². The van der Waals surface area contributed by atoms with E-state index in [0.29, 0.717) is 6.54 Å². The monoisotopic (exact) mass is 435 g/mol. The number of piperidine rings is 1. The predicted molar refractivity (Wildman–Crippen MR) is 118 cm³/mol. The van der Waals surface area contributed by atoms with E-state index < -0.39 is 0 Å². The second kappa shape index (κ2) is 9.75. The number of halogens is 3. The Kier molecular flexibility index (Phi) is 7.32. The second-order valence-electron chi connectivity index (χ2n) is 8.00. The molecule has 1 unspecified atom stereocenters. The smallest absolute Gasteiger partial charge is 0.216 e. The molecule has 2 aliphatic rings. The van der Waals surface area contributed by atoms with Crippen molar-refractivity contribution >= 4 is 29.7 Å². The molecule has 7 heteroatoms. The van der Waals surface area contributed by atoms with Gasteiger partial charge in [-0.1, -0.05) is 0 Å². The number of carbonyl (C=O) groups is 1. The third kappa shape index (κ3) is 4.76. The number of unbranched alkanes of at least 4 members (excludes halogenated alkanes) is 1. The summed E-state index contributed by atoms with van der Waals surface area (Å²) in [5.74, 6) is -0.222. The number of amides is 1. The summed E-state index contributed by atoms with van der Waals surface area (Å²) < 4.78 is 27.5. The first kappa shape index (κ1) is 22.5. The highest BCUT2D eigenvalue weighted by molar-refractivity contribution is 5.85. The molecule has 0 saturated carbocycles. The Morgan fingerprint density at radius 2 is 1.83 bits per heavy atom. The molecule has 0 aliphatic carbocycles. The van der Waals surface area contributed by atoms with Gasteiger partial charge in [0.2, 0.25) is 5.91 Å². The Balaban J connectivity index is 0.00000256. The van der Waals surface area contributed by atoms with Crippen LogP contribution in [0.1, 0.15) is 37.7 Å². The summed E-state index contributed by atoms with van der Waals surface area (Å²) >= 11 is 0. The lowest BCUT2D eigenvalue weighted by Crippen LogP contribution is -2.45. The average Bonchev–Trinajstić information content (AvgIpc) is 3.01. The van der Waals surface area contributed by atoms with Gasteiger partial charge in [-0.25, -0.2) is 8.78 Å². The van der Waals surface area contributed by atoms with E-state index in [0.717, 1.165) is 55.8 Å². The Labute approximate surface area is 182 Å². The molecular formula is C23H28ClF2N3O. The quantitative estimate of drug-likeness (QED) is 0.673. The Morgan fingerprint density at radius 3 is 2.57 bits per heavy atom. The van der Waals surface area contributed by atoms with Crippen molar-refractivity contribution in [3.05, 3.63) is 59.7 Å². The van der Waals surface area contributed by atoms with Crippen LogP contribution in [-0.2, 0) is 4.79 Å². The summed E-state index contributed by atoms with van der Waals surface area (Å²) in [4.78, 5) is 15.7. The lowest BCUT2D eigenvalue weighted by molar-refractivity contribution is -0.118. The maximum atomic E-state index is 14.0. The van der Waals surface area contributed by atoms with Gasteiger partial charge in [0, 0.05) is 49.9 Å². The number of benzene rings is 2. The van der Waals surface area contributed by atoms with Crippen LogP contribution in [-0.4, -0.2) is 43.0 Å². The Hall–Kier alpha value is -2.18. The minimum absolute atomic E-state index is 0. The zero-order valence-corrected chi connectivity index (χ0v) is 17.9. The van der Waals surface area contributed by atoms with Crippen molar-refractivity contribution in [2.24, 2.45) is 0 Å². The van der Waals surface area contributed by atoms with Crippen molar-refractivity contribution in [3.63, 3.8) is 0 Å². The van der Waals surface area contributed by atoms with Crippen LogP contribution in [0.4, 0.5) is 20.2 Å². The van der Waals surface area contributed by atoms with Crippen LogP contribution in [0.2, 0.25) is 0 Å². The largest absolute Gasteiger partial charge is 0.356 e. The van der Waals surface area contributed by atoms with Crippen LogP contribution in [0.3, 0.4) is 0 Å². The molecule has 2 aliphatic heterocycles. The van der Waals surface area contributed by atoms with Gasteiger partial charge in [0.05, 0.1) is 0 Å². The van der Waals surface area contributed by atoms with Gasteiger partial charge >= 0.3 is 0 Å². The third-order valence-electron chi connectivity index (χ3n) is 6.02. The Bertz CT molecular complexity index is 877. The molecule has 1 N–H and O–H groups in total. The Morgan fingerprint density at radius 1 is 1.10 bits per heavy atom. The number of likely N-dealkylation sites (tertiary alicyclic amines) is 1. The highest BCUT2D eigenvalue weighted by Gasteiger charge is 2.42. The number of anilines is 2. The molecule has 0 radical (unpaired) electrons. The fourth-order valence-corrected chi connectivity index (χ4v) is 4.70. The number of fused-ring (bicyclic) bond motifs is 3. The number of carbonyl (C=O) groups excluding carboxylic acids is 1. The first-order valence-corrected chi connectivity index (χ1v) is 10.3. The fourth-order valence-electron chi connectivity index (χ4n) is 4.70. The van der Waals surface area contributed by atoms with Gasteiger partial charge in [-0.15, -0.1) is 12.4 Å². The van der Waals surface area contributed by atoms with Crippen molar-refractivity contribution < 1.29 is 13.6 Å². The van der Waals surface area contributed by atoms with Crippen molar-refractivity contribution in [1.82, 2.24) is 10.2 Å². The third-order valence-corrected chi connectivity index (χ3v) is 6.02. The van der Waals surface area contributed by atoms with Gasteiger partial charge in [0.15, 0.2) is 0 Å². The molecule has 4 nitrogen and oxygen atoms in total. The minimum Gasteiger partial charge on any atom is -0.356 e. The van der Waals surface area contributed by atoms with E-state index in [1.807, 2.05) is 6.07 Å². The minimum atomic E-state index is -0.252. The summed E-state index contributed by atoms with van der Waals surface area (Å²) in [5, 5.41) is 2.83. The van der Waals surface area contributed by atoms with Crippen molar-refractivity contribution in [3.8, 4) is 0 Å². The number of nitrogens with zero attached hydrogens (tertiary/aromatic N) is 2. The van der Waals surface area contributed by atoms with E-state index >= 15 is 0 Å². The number of nitrogens with one attached hydrogen (secondary N) is 1. The highest BCUT2D eigenvalue weighted by Crippen LogP contribution is 2.48. The summed E-state index contributed by atoms with van der Waals surface area (Å²) in [6.07, 6.45) is 2.95. The van der Waals surface area contributed by atoms with Gasteiger partial charge in [-0.05, 0) is 73.8 Å². The van der Waals surface area contributed by atoms with Crippen molar-refractivity contribution in [1.29, 1.82) is 0 Å². The van der Waals surface area contributed by atoms with Gasteiger partial charge in [-0.2, -0.15) is 0 Å². The molecule has 4 rings (SSSR count). The van der Waals surface area contributed by atoms with Gasteiger partial charge in [0.25, 0.3) is 0 Å². The molecule has 2 heterocycles. The van der Waals surface area contributed by atoms with Crippen LogP contribution < -0.4 is 10.2 Å². The molecule has 2 aromatic carbocycles. The molecule has 1 fully saturated rings. The maximum absolute atomic E-state index is 14.0. The summed E-state index contributed by atoms with van der Waals surface area (Å²) in [6.45, 7) is 5.09. The van der Waals surface area contributed by atoms with Gasteiger partial charge < -0.3 is 15.1 Å². The standard InChI is InChI=1S/C23H27F2N3O.ClH/c1-16(29)26-11-2-3-12-27-13-10-23-21(15-27)20-14-18(25)6-9-22(20)28(23)19-7-4-17(24)5-8-19;/h4-9,14,21,23H,2-3,10-13,15H2,1H3,(H,26,29);1H/t21?,23-;/m1./s1. The van der Waals surface area contributed by atoms with Crippen LogP contribution >= 0.6 is 12.4 Å². The fraction of sp³-hybridized carbons (Fsp3) is 0.435. The highest BCUT2D eigenvalue weighted by atomic mass is 35.5. The summed E-state index contributed by atoms with van der Waals surface area (Å²) in [5.41, 5.74) is 3.03. The zero-order valence-electron chi connectivity index (χ0n) is 17.1. The molecule has 1 saturated heterocycles. The lowest BCUT2D eigenvalue weighted by atomic mass is 9.89. The molecule has 2 aromatic rings. The summed E-state index contributed by atoms with van der Waals surface area (Å²) in [7, 11) is 0. The first-order valence-electron chi connectivity index (χ1n) is 10.3. The average molecular weight is 436 g/mol. The lowest BCUT2D eigenvalue weighted by Gasteiger charge is -2.39. The van der Waals surface area contributed by atoms with E-state index in [-0.39, 0.29) is 41.9 Å². The summed E-state index contributed by atoms with van der Waals surface area (Å²) in [6, 6.07) is 11.9. The van der Waals surface area contributed by atoms with E-state index in [2.05, 4.69) is 15.1 Å². The number of hydrogen-bond acceptors (Lipinski definition) is 3. The van der Waals surface area contributed by atoms with E-state index in [9.17, 15) is 13.6 Å². The molecule has 0 spiro atoms.